The van der Waals surface area contributed by atoms with Crippen LogP contribution >= 0.6 is 23.2 Å². The van der Waals surface area contributed by atoms with Crippen LogP contribution in [0.4, 0.5) is 0 Å². The van der Waals surface area contributed by atoms with Gasteiger partial charge in [0.1, 0.15) is 131 Å². The molecule has 0 radical (unpaired) electrons. The fourth-order valence-corrected chi connectivity index (χ4v) is 16.4. The molecule has 8 aliphatic rings. The average molecular weight is 1820 g/mol. The second kappa shape index (κ2) is 41.0. The van der Waals surface area contributed by atoms with Crippen molar-refractivity contribution in [3.63, 3.8) is 0 Å². The SMILES string of the molecule is CCCCCCCCCCCC(=O)N[C@H]1[C@H](Oc2c3cc4cc2Oc2ccc(cc2Cl)[C@@H](O)[C@@H]2NC(=O)[C@H](NC(=O)[C@@H]4NC(=O)[C@H]4NC(=O)[C@@H](Cc5ccc(cc5)O3)NC(=O)[C@H](NC)c3ccc(O)c(c3)Oc3cc(O)c(Cl)c4c3)c3ccc(O)c(c3)-c3c(O[C@H]4O[C@H](CO)[C@@H](O)[C@H](O)[C@@H]4O)cc(O)cc3[C@@H](C(=O)NCCCN(C)C)NC2=O)O[C@H](C(=O)O)[C@@H](O)[C@@H]1O. The van der Waals surface area contributed by atoms with Crippen LogP contribution in [0.1, 0.15) is 153 Å². The van der Waals surface area contributed by atoms with Gasteiger partial charge >= 0.3 is 5.97 Å². The molecular formula is C88H100Cl2N10O28. The van der Waals surface area contributed by atoms with Gasteiger partial charge in [-0.2, -0.15) is 0 Å². The molecule has 128 heavy (non-hydrogen) atoms. The fraction of sp³-hybridized carbons (Fsp3) is 0.420. The summed E-state index contributed by atoms with van der Waals surface area (Å²) in [5.41, 5.74) is -2.67. The molecule has 17 bridgehead atoms. The van der Waals surface area contributed by atoms with Crippen molar-refractivity contribution < 1.29 is 138 Å². The number of aliphatic hydroxyl groups is 7. The minimum atomic E-state index is -2.45. The van der Waals surface area contributed by atoms with E-state index in [-0.39, 0.29) is 47.8 Å². The summed E-state index contributed by atoms with van der Waals surface area (Å²) in [5, 5.41) is 161. The van der Waals surface area contributed by atoms with Crippen LogP contribution in [0.2, 0.25) is 10.0 Å². The molecule has 0 saturated carbocycles. The Morgan fingerprint density at radius 3 is 1.88 bits per heavy atom. The molecule has 8 heterocycles. The van der Waals surface area contributed by atoms with Crippen LogP contribution in [-0.2, 0) is 59.0 Å². The Balaban J connectivity index is 1.04. The number of amides is 8. The Labute approximate surface area is 742 Å². The van der Waals surface area contributed by atoms with Crippen LogP contribution in [-0.4, -0.2) is 234 Å². The molecule has 15 rings (SSSR count). The number of aliphatic hydroxyl groups excluding tert-OH is 7. The predicted octanol–water partition coefficient (Wildman–Crippen LogP) is 4.31. The number of fused-ring (bicyclic) bond motifs is 14. The smallest absolute Gasteiger partial charge is 0.335 e. The third-order valence-corrected chi connectivity index (χ3v) is 23.5. The van der Waals surface area contributed by atoms with Gasteiger partial charge in [0, 0.05) is 48.2 Å². The maximum Gasteiger partial charge on any atom is 0.335 e. The topological polar surface area (TPSA) is 573 Å². The number of carboxylic acid groups (broad SMARTS) is 1. The lowest BCUT2D eigenvalue weighted by Gasteiger charge is -2.41. The number of nitrogens with zero attached hydrogens (tertiary/aromatic N) is 1. The van der Waals surface area contributed by atoms with E-state index < -0.39 is 271 Å². The minimum Gasteiger partial charge on any atom is -0.508 e. The van der Waals surface area contributed by atoms with E-state index in [9.17, 15) is 75.7 Å². The molecule has 7 aromatic carbocycles. The number of benzene rings is 7. The quantitative estimate of drug-likeness (QED) is 0.0397. The number of hydrogen-bond acceptors (Lipinski definition) is 29. The zero-order valence-electron chi connectivity index (χ0n) is 69.6. The first-order valence-corrected chi connectivity index (χ1v) is 42.4. The van der Waals surface area contributed by atoms with Crippen LogP contribution in [0, 0.1) is 0 Å². The van der Waals surface area contributed by atoms with Crippen molar-refractivity contribution in [2.24, 2.45) is 0 Å². The molecule has 21 N–H and O–H groups in total. The third kappa shape index (κ3) is 21.1. The van der Waals surface area contributed by atoms with E-state index in [1.165, 1.54) is 49.5 Å². The van der Waals surface area contributed by atoms with Crippen LogP contribution in [0.15, 0.2) is 115 Å². The summed E-state index contributed by atoms with van der Waals surface area (Å²) in [6, 6.07) is 5.70. The Kier molecular flexibility index (Phi) is 30.1. The van der Waals surface area contributed by atoms with Gasteiger partial charge in [0.05, 0.1) is 16.7 Å². The van der Waals surface area contributed by atoms with E-state index in [4.69, 9.17) is 56.4 Å². The number of phenols is 4. The largest absolute Gasteiger partial charge is 0.508 e. The van der Waals surface area contributed by atoms with Crippen LogP contribution < -0.4 is 71.5 Å². The van der Waals surface area contributed by atoms with Gasteiger partial charge in [0.25, 0.3) is 0 Å². The normalized spacial score (nSPS) is 25.8. The molecule has 18 atom stereocenters. The number of nitrogens with one attached hydrogen (secondary N) is 9. The number of likely N-dealkylation sites (N-methyl/N-ethyl adjacent to an activating group) is 1. The fourth-order valence-electron chi connectivity index (χ4n) is 16.0. The lowest BCUT2D eigenvalue weighted by Crippen LogP contribution is -2.66. The number of unbranched alkanes of at least 4 members (excludes halogenated alkanes) is 8. The van der Waals surface area contributed by atoms with Gasteiger partial charge in [-0.1, -0.05) is 112 Å². The number of hydrogen-bond donors (Lipinski definition) is 21. The van der Waals surface area contributed by atoms with Crippen molar-refractivity contribution in [1.29, 1.82) is 0 Å². The number of carbonyl (C=O) groups is 9. The summed E-state index contributed by atoms with van der Waals surface area (Å²) in [6.07, 6.45) is -13.5. The second-order valence-corrected chi connectivity index (χ2v) is 33.0. The lowest BCUT2D eigenvalue weighted by molar-refractivity contribution is -0.277. The Hall–Kier alpha value is -11.9. The third-order valence-electron chi connectivity index (χ3n) is 22.8. The molecule has 684 valence electrons. The number of rotatable bonds is 23. The molecule has 8 aliphatic heterocycles. The van der Waals surface area contributed by atoms with Gasteiger partial charge in [-0.3, -0.25) is 38.4 Å². The molecular weight excluding hydrogens is 1720 g/mol. The van der Waals surface area contributed by atoms with Gasteiger partial charge in [0.15, 0.2) is 29.1 Å². The number of carboxylic acids is 1. The van der Waals surface area contributed by atoms with Crippen molar-refractivity contribution in [2.45, 2.75) is 194 Å². The van der Waals surface area contributed by atoms with E-state index in [1.54, 1.807) is 19.0 Å². The maximum absolute atomic E-state index is 16.8. The lowest BCUT2D eigenvalue weighted by atomic mass is 9.89. The number of ether oxygens (including phenoxy) is 7. The Morgan fingerprint density at radius 2 is 1.19 bits per heavy atom. The van der Waals surface area contributed by atoms with Crippen molar-refractivity contribution in [2.75, 3.05) is 40.8 Å². The molecule has 8 amide bonds. The van der Waals surface area contributed by atoms with Crippen molar-refractivity contribution in [1.82, 2.24) is 52.8 Å². The van der Waals surface area contributed by atoms with Gasteiger partial charge in [-0.15, -0.1) is 0 Å². The molecule has 7 aromatic rings. The summed E-state index contributed by atoms with van der Waals surface area (Å²) in [4.78, 5) is 140. The van der Waals surface area contributed by atoms with Crippen molar-refractivity contribution in [3.8, 4) is 80.1 Å². The van der Waals surface area contributed by atoms with Gasteiger partial charge in [0.2, 0.25) is 65.6 Å². The minimum absolute atomic E-state index is 0.0939. The Morgan fingerprint density at radius 1 is 0.547 bits per heavy atom. The van der Waals surface area contributed by atoms with Crippen molar-refractivity contribution in [3.05, 3.63) is 164 Å². The number of halogens is 2. The van der Waals surface area contributed by atoms with E-state index in [1.807, 2.05) is 0 Å². The summed E-state index contributed by atoms with van der Waals surface area (Å²) < 4.78 is 44.5. The van der Waals surface area contributed by atoms with E-state index >= 15 is 28.8 Å². The molecule has 0 aromatic heterocycles. The van der Waals surface area contributed by atoms with Crippen LogP contribution in [0.25, 0.3) is 11.1 Å². The first-order valence-electron chi connectivity index (χ1n) is 41.6. The van der Waals surface area contributed by atoms with E-state index in [0.717, 1.165) is 118 Å². The average Bonchev–Trinajstić information content (AvgIpc) is 0.755. The highest BCUT2D eigenvalue weighted by Gasteiger charge is 2.52. The number of phenolic OH excluding ortho intramolecular Hbond substituents is 4. The summed E-state index contributed by atoms with van der Waals surface area (Å²) >= 11 is 14.3. The molecule has 2 saturated heterocycles. The molecule has 0 unspecified atom stereocenters. The summed E-state index contributed by atoms with van der Waals surface area (Å²) in [5.74, 6) is -18.0. The molecule has 2 fully saturated rings. The molecule has 40 heteroatoms. The number of carbonyl (C=O) groups excluding carboxylic acids is 8. The van der Waals surface area contributed by atoms with E-state index in [0.29, 0.717) is 24.9 Å². The second-order valence-electron chi connectivity index (χ2n) is 32.2. The maximum atomic E-state index is 16.8. The van der Waals surface area contributed by atoms with E-state index in [2.05, 4.69) is 54.8 Å². The highest BCUT2D eigenvalue weighted by Crippen LogP contribution is 2.51. The van der Waals surface area contributed by atoms with Gasteiger partial charge in [-0.05, 0) is 147 Å². The predicted molar refractivity (Wildman–Crippen MR) is 452 cm³/mol. The van der Waals surface area contributed by atoms with Crippen LogP contribution in [0.5, 0.6) is 69.0 Å². The van der Waals surface area contributed by atoms with Crippen molar-refractivity contribution >= 4 is 76.4 Å². The van der Waals surface area contributed by atoms with Gasteiger partial charge in [-0.25, -0.2) is 4.79 Å². The zero-order chi connectivity index (χ0) is 91.8. The Bertz CT molecular complexity index is 5320. The molecule has 0 spiro atoms. The highest BCUT2D eigenvalue weighted by molar-refractivity contribution is 6.33. The zero-order valence-corrected chi connectivity index (χ0v) is 71.1. The molecule has 38 nitrogen and oxygen atoms in total. The highest BCUT2D eigenvalue weighted by atomic mass is 35.5. The number of aliphatic carboxylic acids is 1. The van der Waals surface area contributed by atoms with Crippen LogP contribution in [0.3, 0.4) is 0 Å². The molecule has 0 aliphatic carbocycles. The monoisotopic (exact) mass is 1810 g/mol. The summed E-state index contributed by atoms with van der Waals surface area (Å²) in [6.45, 7) is 1.46. The number of aromatic hydroxyl groups is 4. The standard InChI is InChI=1S/C88H100Cl2N10O28/c1-5-6-7-8-9-10-11-12-13-15-61(106)94-70-73(109)75(111)78(86(120)121)128-87(70)127-77-58-32-43-33-59(77)124-55-25-20-42(30-50(55)89)71(107)69-85(119)98-67(80(114)92-26-14-27-100(3)4)48-34-44(102)35-57(125-88-76(112)74(110)72(108)60(38-101)126-88)62(48)47-29-40(18-23-52(47)103)65(82(116)99-69)95-83(117)66(43)96-84(118)68-49-36-46(37-54(105)63(49)90)123-56-31-41(19-24-53(56)104)64(91-2)81(115)93-51(79(113)97-68)28-39-16-21-45(122-58)22-17-39/h16-25,29-37,51,60,64-76,78,87-88,91,101-105,107-112H,5-15,26-28,38H2,1-4H3,(H,92,114)(H,93,115)(H,94,106)(H,95,117)(H,96,118)(H,97,113)(H,98,119)(H,99,116)(H,120,121)/t51-,60-,64-,65-,66-,67+,68+,69+,70-,71-,72-,73-,74+,75+,76+,78+,87-,88+/m1/s1. The van der Waals surface area contributed by atoms with Gasteiger partial charge < -0.3 is 147 Å². The first-order chi connectivity index (χ1) is 61.2. The first kappa shape index (κ1) is 93.7. The summed E-state index contributed by atoms with van der Waals surface area (Å²) in [7, 11) is 4.95.